The zero-order valence-electron chi connectivity index (χ0n) is 19.1. The van der Waals surface area contributed by atoms with Crippen LogP contribution in [-0.2, 0) is 24.3 Å². The number of rotatable bonds is 6. The summed E-state index contributed by atoms with van der Waals surface area (Å²) in [5.74, 6) is -1.75. The summed E-state index contributed by atoms with van der Waals surface area (Å²) in [6, 6.07) is 0.871. The van der Waals surface area contributed by atoms with Gasteiger partial charge in [0.2, 0.25) is 16.8 Å². The van der Waals surface area contributed by atoms with Crippen LogP contribution < -0.4 is 5.32 Å². The Kier molecular flexibility index (Phi) is 6.42. The third-order valence-corrected chi connectivity index (χ3v) is 8.37. The maximum atomic E-state index is 13.1. The van der Waals surface area contributed by atoms with Gasteiger partial charge in [0, 0.05) is 26.2 Å². The fraction of sp³-hybridized carbons (Fsp3) is 0.619. The lowest BCUT2D eigenvalue weighted by atomic mass is 9.97. The molecule has 0 aromatic carbocycles. The standard InChI is InChI=1S/C21H28N4O8S/c1-3-32-18(27)15-6-7-16(33-15)34(30,31)24-12-10-23(11-13-24)17(26)14(2)25-19(28)21(22-20(25)29)8-4-5-9-21/h6-7,14H,3-5,8-13H2,1-2H3,(H,22,29). The first-order valence-electron chi connectivity index (χ1n) is 11.3. The second-order valence-corrected chi connectivity index (χ2v) is 10.5. The molecule has 12 nitrogen and oxygen atoms in total. The Hall–Kier alpha value is -2.93. The molecule has 1 spiro atoms. The summed E-state index contributed by atoms with van der Waals surface area (Å²) in [6.07, 6.45) is 2.82. The van der Waals surface area contributed by atoms with Crippen molar-refractivity contribution < 1.29 is 36.7 Å². The van der Waals surface area contributed by atoms with Crippen molar-refractivity contribution in [2.75, 3.05) is 32.8 Å². The number of furan rings is 1. The summed E-state index contributed by atoms with van der Waals surface area (Å²) in [5, 5.41) is 2.38. The van der Waals surface area contributed by atoms with Gasteiger partial charge in [-0.15, -0.1) is 0 Å². The van der Waals surface area contributed by atoms with Gasteiger partial charge in [0.15, 0.2) is 0 Å². The van der Waals surface area contributed by atoms with Crippen molar-refractivity contribution in [3.8, 4) is 0 Å². The molecule has 1 aromatic rings. The zero-order chi connectivity index (χ0) is 24.7. The van der Waals surface area contributed by atoms with E-state index < -0.39 is 39.5 Å². The molecular formula is C21H28N4O8S. The lowest BCUT2D eigenvalue weighted by Gasteiger charge is -2.36. The van der Waals surface area contributed by atoms with Crippen LogP contribution >= 0.6 is 0 Å². The molecule has 1 aromatic heterocycles. The van der Waals surface area contributed by atoms with E-state index in [0.29, 0.717) is 12.8 Å². The van der Waals surface area contributed by atoms with Crippen molar-refractivity contribution in [2.45, 2.75) is 56.2 Å². The number of hydrogen-bond donors (Lipinski definition) is 1. The van der Waals surface area contributed by atoms with Gasteiger partial charge in [0.05, 0.1) is 6.61 Å². The SMILES string of the molecule is CCOC(=O)c1ccc(S(=O)(=O)N2CCN(C(=O)C(C)N3C(=O)NC4(CCCC4)C3=O)CC2)o1. The van der Waals surface area contributed by atoms with Crippen LogP contribution in [0.2, 0.25) is 0 Å². The first-order valence-corrected chi connectivity index (χ1v) is 12.8. The summed E-state index contributed by atoms with van der Waals surface area (Å²) in [5.41, 5.74) is -0.899. The molecule has 1 aliphatic carbocycles. The van der Waals surface area contributed by atoms with Crippen molar-refractivity contribution in [1.29, 1.82) is 0 Å². The summed E-state index contributed by atoms with van der Waals surface area (Å²) in [7, 11) is -4.02. The molecule has 0 bridgehead atoms. The van der Waals surface area contributed by atoms with E-state index in [1.54, 1.807) is 6.92 Å². The summed E-state index contributed by atoms with van der Waals surface area (Å²) < 4.78 is 37.0. The van der Waals surface area contributed by atoms with Crippen LogP contribution in [0.4, 0.5) is 4.79 Å². The molecule has 1 saturated carbocycles. The Labute approximate surface area is 197 Å². The summed E-state index contributed by atoms with van der Waals surface area (Å²) in [4.78, 5) is 52.7. The highest BCUT2D eigenvalue weighted by Gasteiger charge is 2.55. The first-order chi connectivity index (χ1) is 16.1. The van der Waals surface area contributed by atoms with Gasteiger partial charge in [0.1, 0.15) is 11.6 Å². The molecule has 3 fully saturated rings. The second kappa shape index (κ2) is 9.02. The average Bonchev–Trinajstić information content (AvgIpc) is 3.54. The van der Waals surface area contributed by atoms with Gasteiger partial charge in [-0.1, -0.05) is 12.8 Å². The molecule has 186 valence electrons. The van der Waals surface area contributed by atoms with E-state index in [1.807, 2.05) is 0 Å². The van der Waals surface area contributed by atoms with E-state index in [2.05, 4.69) is 5.32 Å². The third kappa shape index (κ3) is 4.06. The Morgan fingerprint density at radius 1 is 1.15 bits per heavy atom. The van der Waals surface area contributed by atoms with Crippen molar-refractivity contribution in [3.05, 3.63) is 17.9 Å². The van der Waals surface area contributed by atoms with Crippen molar-refractivity contribution in [3.63, 3.8) is 0 Å². The van der Waals surface area contributed by atoms with E-state index in [4.69, 9.17) is 9.15 Å². The lowest BCUT2D eigenvalue weighted by Crippen LogP contribution is -2.56. The highest BCUT2D eigenvalue weighted by molar-refractivity contribution is 7.89. The van der Waals surface area contributed by atoms with E-state index >= 15 is 0 Å². The Bertz CT molecular complexity index is 1100. The molecule has 2 saturated heterocycles. The molecule has 4 rings (SSSR count). The van der Waals surface area contributed by atoms with Gasteiger partial charge >= 0.3 is 12.0 Å². The maximum absolute atomic E-state index is 13.1. The molecule has 1 unspecified atom stereocenters. The molecular weight excluding hydrogens is 468 g/mol. The normalized spacial score (nSPS) is 21.7. The highest BCUT2D eigenvalue weighted by Crippen LogP contribution is 2.36. The number of piperazine rings is 1. The predicted octanol–water partition coefficient (Wildman–Crippen LogP) is 0.542. The summed E-state index contributed by atoms with van der Waals surface area (Å²) in [6.45, 7) is 3.43. The molecule has 4 amide bonds. The number of nitrogens with zero attached hydrogens (tertiary/aromatic N) is 3. The van der Waals surface area contributed by atoms with Gasteiger partial charge in [-0.2, -0.15) is 4.31 Å². The van der Waals surface area contributed by atoms with Gasteiger partial charge in [-0.3, -0.25) is 9.59 Å². The number of hydrogen-bond acceptors (Lipinski definition) is 8. The average molecular weight is 497 g/mol. The number of carbonyl (C=O) groups is 4. The van der Waals surface area contributed by atoms with Crippen LogP contribution in [0.15, 0.2) is 21.6 Å². The van der Waals surface area contributed by atoms with Gasteiger partial charge in [-0.25, -0.2) is 22.9 Å². The van der Waals surface area contributed by atoms with E-state index in [0.717, 1.165) is 22.0 Å². The van der Waals surface area contributed by atoms with Crippen LogP contribution in [0.1, 0.15) is 50.1 Å². The van der Waals surface area contributed by atoms with E-state index in [-0.39, 0.29) is 49.5 Å². The molecule has 2 aliphatic heterocycles. The number of ether oxygens (including phenoxy) is 1. The van der Waals surface area contributed by atoms with Crippen LogP contribution in [-0.4, -0.2) is 90.7 Å². The molecule has 1 atom stereocenters. The molecule has 34 heavy (non-hydrogen) atoms. The maximum Gasteiger partial charge on any atom is 0.374 e. The van der Waals surface area contributed by atoms with E-state index in [1.165, 1.54) is 24.0 Å². The number of amides is 4. The van der Waals surface area contributed by atoms with Crippen LogP contribution in [0.5, 0.6) is 0 Å². The molecule has 0 radical (unpaired) electrons. The van der Waals surface area contributed by atoms with Gasteiger partial charge in [0.25, 0.3) is 15.9 Å². The zero-order valence-corrected chi connectivity index (χ0v) is 19.9. The molecule has 1 N–H and O–H groups in total. The topological polar surface area (TPSA) is 147 Å². The van der Waals surface area contributed by atoms with Gasteiger partial charge in [-0.05, 0) is 38.8 Å². The number of carbonyl (C=O) groups excluding carboxylic acids is 4. The Morgan fingerprint density at radius 3 is 2.41 bits per heavy atom. The second-order valence-electron chi connectivity index (χ2n) is 8.64. The van der Waals surface area contributed by atoms with Crippen molar-refractivity contribution in [1.82, 2.24) is 19.4 Å². The highest BCUT2D eigenvalue weighted by atomic mass is 32.2. The quantitative estimate of drug-likeness (QED) is 0.444. The fourth-order valence-corrected chi connectivity index (χ4v) is 6.07. The smallest absolute Gasteiger partial charge is 0.374 e. The predicted molar refractivity (Wildman–Crippen MR) is 116 cm³/mol. The monoisotopic (exact) mass is 496 g/mol. The molecule has 3 aliphatic rings. The minimum atomic E-state index is -4.02. The van der Waals surface area contributed by atoms with Crippen molar-refractivity contribution in [2.24, 2.45) is 0 Å². The number of nitrogens with one attached hydrogen (secondary N) is 1. The fourth-order valence-electron chi connectivity index (χ4n) is 4.73. The van der Waals surface area contributed by atoms with Gasteiger partial charge < -0.3 is 19.4 Å². The number of imide groups is 1. The number of urea groups is 1. The largest absolute Gasteiger partial charge is 0.460 e. The minimum Gasteiger partial charge on any atom is -0.460 e. The lowest BCUT2D eigenvalue weighted by molar-refractivity contribution is -0.143. The van der Waals surface area contributed by atoms with Crippen LogP contribution in [0.25, 0.3) is 0 Å². The van der Waals surface area contributed by atoms with Crippen molar-refractivity contribution >= 4 is 33.8 Å². The molecule has 13 heteroatoms. The van der Waals surface area contributed by atoms with E-state index in [9.17, 15) is 27.6 Å². The van der Waals surface area contributed by atoms with Crippen LogP contribution in [0, 0.1) is 0 Å². The van der Waals surface area contributed by atoms with Crippen LogP contribution in [0.3, 0.4) is 0 Å². The number of sulfonamides is 1. The third-order valence-electron chi connectivity index (χ3n) is 6.60. The minimum absolute atomic E-state index is 0.000311. The summed E-state index contributed by atoms with van der Waals surface area (Å²) >= 11 is 0. The Balaban J connectivity index is 1.38. The Morgan fingerprint density at radius 2 is 1.79 bits per heavy atom. The number of esters is 1. The first kappa shape index (κ1) is 24.2. The molecule has 3 heterocycles.